The summed E-state index contributed by atoms with van der Waals surface area (Å²) in [5, 5.41) is 11.3. The molecule has 0 spiro atoms. The normalized spacial score (nSPS) is 15.9. The van der Waals surface area contributed by atoms with Crippen molar-refractivity contribution in [3.05, 3.63) is 17.0 Å². The molecule has 0 aromatic carbocycles. The molecule has 136 valence electrons. The van der Waals surface area contributed by atoms with Gasteiger partial charge >= 0.3 is 0 Å². The Morgan fingerprint density at radius 2 is 1.88 bits per heavy atom. The van der Waals surface area contributed by atoms with E-state index < -0.39 is 0 Å². The van der Waals surface area contributed by atoms with Gasteiger partial charge in [-0.15, -0.1) is 0 Å². The summed E-state index contributed by atoms with van der Waals surface area (Å²) in [5.74, 6) is 1.92. The molecule has 0 unspecified atom stereocenters. The van der Waals surface area contributed by atoms with Gasteiger partial charge in [0.25, 0.3) is 0 Å². The van der Waals surface area contributed by atoms with Crippen molar-refractivity contribution in [1.29, 1.82) is 0 Å². The molecule has 5 heteroatoms. The standard InChI is InChI=1S/C19H35N5/c1-15-18(16(2)24(4)23-15)12-14-22-19(20-3)21-13-8-7-11-17-9-5-6-10-17/h17H,5-14H2,1-4H3,(H2,20,21,22). The molecule has 0 amide bonds. The van der Waals surface area contributed by atoms with Crippen molar-refractivity contribution in [3.8, 4) is 0 Å². The maximum Gasteiger partial charge on any atom is 0.190 e. The maximum atomic E-state index is 4.47. The smallest absolute Gasteiger partial charge is 0.190 e. The van der Waals surface area contributed by atoms with Crippen LogP contribution in [0.25, 0.3) is 0 Å². The molecule has 1 heterocycles. The Morgan fingerprint density at radius 3 is 2.50 bits per heavy atom. The highest BCUT2D eigenvalue weighted by atomic mass is 15.3. The van der Waals surface area contributed by atoms with Crippen molar-refractivity contribution in [2.45, 2.75) is 65.2 Å². The first kappa shape index (κ1) is 18.8. The third-order valence-electron chi connectivity index (χ3n) is 5.36. The topological polar surface area (TPSA) is 54.2 Å². The van der Waals surface area contributed by atoms with Gasteiger partial charge in [-0.05, 0) is 38.2 Å². The highest BCUT2D eigenvalue weighted by Crippen LogP contribution is 2.28. The third-order valence-corrected chi connectivity index (χ3v) is 5.36. The fourth-order valence-electron chi connectivity index (χ4n) is 3.77. The van der Waals surface area contributed by atoms with Gasteiger partial charge in [-0.1, -0.05) is 38.5 Å². The summed E-state index contributed by atoms with van der Waals surface area (Å²) in [6.07, 6.45) is 10.8. The van der Waals surface area contributed by atoms with Crippen LogP contribution in [0.3, 0.4) is 0 Å². The Kier molecular flexibility index (Phi) is 7.60. The lowest BCUT2D eigenvalue weighted by atomic mass is 10.0. The van der Waals surface area contributed by atoms with Gasteiger partial charge in [0, 0.05) is 32.9 Å². The van der Waals surface area contributed by atoms with Crippen molar-refractivity contribution in [1.82, 2.24) is 20.4 Å². The van der Waals surface area contributed by atoms with Gasteiger partial charge in [-0.25, -0.2) is 0 Å². The van der Waals surface area contributed by atoms with Gasteiger partial charge in [-0.3, -0.25) is 9.67 Å². The fourth-order valence-corrected chi connectivity index (χ4v) is 3.77. The highest BCUT2D eigenvalue weighted by Gasteiger charge is 2.14. The van der Waals surface area contributed by atoms with Gasteiger partial charge in [0.2, 0.25) is 0 Å². The van der Waals surface area contributed by atoms with E-state index in [2.05, 4.69) is 34.6 Å². The number of nitrogens with zero attached hydrogens (tertiary/aromatic N) is 3. The number of hydrogen-bond acceptors (Lipinski definition) is 2. The molecule has 1 fully saturated rings. The van der Waals surface area contributed by atoms with E-state index in [1.807, 2.05) is 18.8 Å². The van der Waals surface area contributed by atoms with Gasteiger partial charge in [0.15, 0.2) is 5.96 Å². The van der Waals surface area contributed by atoms with Crippen molar-refractivity contribution in [2.24, 2.45) is 18.0 Å². The van der Waals surface area contributed by atoms with E-state index in [1.165, 1.54) is 56.2 Å². The molecule has 5 nitrogen and oxygen atoms in total. The van der Waals surface area contributed by atoms with Crippen LogP contribution < -0.4 is 10.6 Å². The third kappa shape index (κ3) is 5.53. The van der Waals surface area contributed by atoms with Crippen molar-refractivity contribution in [3.63, 3.8) is 0 Å². The number of aromatic nitrogens is 2. The van der Waals surface area contributed by atoms with Gasteiger partial charge in [-0.2, -0.15) is 5.10 Å². The fraction of sp³-hybridized carbons (Fsp3) is 0.789. The molecular weight excluding hydrogens is 298 g/mol. The first-order valence-corrected chi connectivity index (χ1v) is 9.55. The Labute approximate surface area is 147 Å². The quantitative estimate of drug-likeness (QED) is 0.437. The molecule has 0 radical (unpaired) electrons. The first-order valence-electron chi connectivity index (χ1n) is 9.55. The average molecular weight is 334 g/mol. The molecule has 1 saturated carbocycles. The molecular formula is C19H35N5. The number of guanidine groups is 1. The van der Waals surface area contributed by atoms with Gasteiger partial charge < -0.3 is 10.6 Å². The predicted octanol–water partition coefficient (Wildman–Crippen LogP) is 3.10. The zero-order valence-electron chi connectivity index (χ0n) is 16.0. The van der Waals surface area contributed by atoms with Crippen LogP contribution in [0, 0.1) is 19.8 Å². The van der Waals surface area contributed by atoms with Crippen LogP contribution in [-0.4, -0.2) is 35.9 Å². The lowest BCUT2D eigenvalue weighted by Gasteiger charge is -2.13. The van der Waals surface area contributed by atoms with Crippen LogP contribution in [0.1, 0.15) is 61.9 Å². The zero-order valence-corrected chi connectivity index (χ0v) is 16.0. The summed E-state index contributed by atoms with van der Waals surface area (Å²) >= 11 is 0. The minimum Gasteiger partial charge on any atom is -0.356 e. The average Bonchev–Trinajstić information content (AvgIpc) is 3.16. The molecule has 1 aromatic heterocycles. The Hall–Kier alpha value is -1.52. The number of aliphatic imine (C=N–C) groups is 1. The van der Waals surface area contributed by atoms with Crippen LogP contribution in [0.5, 0.6) is 0 Å². The lowest BCUT2D eigenvalue weighted by molar-refractivity contribution is 0.472. The minimum absolute atomic E-state index is 0.884. The molecule has 0 bridgehead atoms. The van der Waals surface area contributed by atoms with E-state index >= 15 is 0 Å². The van der Waals surface area contributed by atoms with Crippen LogP contribution >= 0.6 is 0 Å². The Balaban J connectivity index is 1.60. The molecule has 1 aliphatic carbocycles. The second kappa shape index (κ2) is 9.70. The molecule has 2 N–H and O–H groups in total. The van der Waals surface area contributed by atoms with Crippen LogP contribution in [-0.2, 0) is 13.5 Å². The van der Waals surface area contributed by atoms with E-state index in [4.69, 9.17) is 0 Å². The van der Waals surface area contributed by atoms with Crippen LogP contribution in [0.4, 0.5) is 0 Å². The zero-order chi connectivity index (χ0) is 17.4. The second-order valence-electron chi connectivity index (χ2n) is 7.10. The number of nitrogens with one attached hydrogen (secondary N) is 2. The summed E-state index contributed by atoms with van der Waals surface area (Å²) < 4.78 is 1.96. The molecule has 1 aliphatic rings. The molecule has 24 heavy (non-hydrogen) atoms. The van der Waals surface area contributed by atoms with Crippen molar-refractivity contribution >= 4 is 5.96 Å². The van der Waals surface area contributed by atoms with Gasteiger partial charge in [0.05, 0.1) is 5.69 Å². The number of hydrogen-bond donors (Lipinski definition) is 2. The SMILES string of the molecule is CN=C(NCCCCC1CCCC1)NCCc1c(C)nn(C)c1C. The Morgan fingerprint density at radius 1 is 1.17 bits per heavy atom. The number of aryl methyl sites for hydroxylation is 2. The highest BCUT2D eigenvalue weighted by molar-refractivity contribution is 5.79. The lowest BCUT2D eigenvalue weighted by Crippen LogP contribution is -2.38. The van der Waals surface area contributed by atoms with Crippen molar-refractivity contribution in [2.75, 3.05) is 20.1 Å². The second-order valence-corrected chi connectivity index (χ2v) is 7.10. The summed E-state index contributed by atoms with van der Waals surface area (Å²) in [4.78, 5) is 4.32. The molecule has 0 saturated heterocycles. The van der Waals surface area contributed by atoms with E-state index in [0.717, 1.165) is 37.1 Å². The predicted molar refractivity (Wildman–Crippen MR) is 102 cm³/mol. The van der Waals surface area contributed by atoms with E-state index in [0.29, 0.717) is 0 Å². The van der Waals surface area contributed by atoms with Gasteiger partial charge in [0.1, 0.15) is 0 Å². The summed E-state index contributed by atoms with van der Waals surface area (Å²) in [6, 6.07) is 0. The number of unbranched alkanes of at least 4 members (excludes halogenated alkanes) is 1. The summed E-state index contributed by atoms with van der Waals surface area (Å²) in [5.41, 5.74) is 3.73. The summed E-state index contributed by atoms with van der Waals surface area (Å²) in [6.45, 7) is 6.11. The molecule has 0 atom stereocenters. The molecule has 2 rings (SSSR count). The first-order chi connectivity index (χ1) is 11.6. The van der Waals surface area contributed by atoms with E-state index in [1.54, 1.807) is 0 Å². The largest absolute Gasteiger partial charge is 0.356 e. The summed E-state index contributed by atoms with van der Waals surface area (Å²) in [7, 11) is 3.85. The molecule has 1 aromatic rings. The monoisotopic (exact) mass is 333 g/mol. The van der Waals surface area contributed by atoms with Crippen molar-refractivity contribution < 1.29 is 0 Å². The molecule has 0 aliphatic heterocycles. The Bertz CT molecular complexity index is 526. The van der Waals surface area contributed by atoms with Crippen LogP contribution in [0.15, 0.2) is 4.99 Å². The van der Waals surface area contributed by atoms with E-state index in [-0.39, 0.29) is 0 Å². The van der Waals surface area contributed by atoms with E-state index in [9.17, 15) is 0 Å². The minimum atomic E-state index is 0.884. The van der Waals surface area contributed by atoms with Crippen LogP contribution in [0.2, 0.25) is 0 Å². The number of rotatable bonds is 8. The maximum absolute atomic E-state index is 4.47.